The number of ether oxygens (including phenoxy) is 2. The van der Waals surface area contributed by atoms with Gasteiger partial charge in [0.1, 0.15) is 36.3 Å². The normalized spacial score (nSPS) is 37.3. The molecule has 1 aromatic carbocycles. The van der Waals surface area contributed by atoms with Crippen molar-refractivity contribution in [1.29, 1.82) is 0 Å². The van der Waals surface area contributed by atoms with E-state index >= 15 is 0 Å². The van der Waals surface area contributed by atoms with Gasteiger partial charge in [0.05, 0.1) is 12.7 Å². The first-order valence-corrected chi connectivity index (χ1v) is 9.56. The fraction of sp³-hybridized carbons (Fsp3) is 0.700. The van der Waals surface area contributed by atoms with Crippen molar-refractivity contribution in [2.75, 3.05) is 13.7 Å². The lowest BCUT2D eigenvalue weighted by Crippen LogP contribution is -2.55. The number of hydrogen-bond donors (Lipinski definition) is 4. The van der Waals surface area contributed by atoms with E-state index in [0.717, 1.165) is 25.7 Å². The Bertz CT molecular complexity index is 616. The minimum Gasteiger partial charge on any atom is -0.394 e. The van der Waals surface area contributed by atoms with Crippen LogP contribution in [0.1, 0.15) is 42.9 Å². The molecule has 0 amide bonds. The zero-order valence-corrected chi connectivity index (χ0v) is 15.5. The molecular formula is C20H29FO6. The summed E-state index contributed by atoms with van der Waals surface area (Å²) < 4.78 is 25.3. The summed E-state index contributed by atoms with van der Waals surface area (Å²) >= 11 is 0. The second-order valence-corrected chi connectivity index (χ2v) is 7.68. The van der Waals surface area contributed by atoms with Crippen LogP contribution in [0.4, 0.5) is 4.39 Å². The zero-order chi connectivity index (χ0) is 19.6. The smallest absolute Gasteiger partial charge is 0.126 e. The zero-order valence-electron chi connectivity index (χ0n) is 15.5. The van der Waals surface area contributed by atoms with Gasteiger partial charge >= 0.3 is 0 Å². The van der Waals surface area contributed by atoms with Gasteiger partial charge in [-0.05, 0) is 55.2 Å². The minimum atomic E-state index is -1.45. The summed E-state index contributed by atoms with van der Waals surface area (Å²) in [6.07, 6.45) is -1.38. The molecule has 27 heavy (non-hydrogen) atoms. The number of hydrogen-bond acceptors (Lipinski definition) is 6. The maximum Gasteiger partial charge on any atom is 0.126 e. The van der Waals surface area contributed by atoms with Crippen molar-refractivity contribution in [3.05, 3.63) is 35.1 Å². The van der Waals surface area contributed by atoms with Crippen molar-refractivity contribution < 1.29 is 34.3 Å². The first kappa shape index (κ1) is 20.6. The fourth-order valence-corrected chi connectivity index (χ4v) is 4.19. The lowest BCUT2D eigenvalue weighted by molar-refractivity contribution is -0.231. The van der Waals surface area contributed by atoms with Gasteiger partial charge in [0.15, 0.2) is 0 Å². The highest BCUT2D eigenvalue weighted by atomic mass is 19.1. The lowest BCUT2D eigenvalue weighted by Gasteiger charge is -2.40. The van der Waals surface area contributed by atoms with Crippen LogP contribution in [0.5, 0.6) is 0 Å². The number of aliphatic hydroxyl groups excluding tert-OH is 4. The van der Waals surface area contributed by atoms with Crippen molar-refractivity contribution in [2.24, 2.45) is 5.92 Å². The van der Waals surface area contributed by atoms with Crippen LogP contribution in [-0.2, 0) is 15.9 Å². The molecule has 0 radical (unpaired) electrons. The summed E-state index contributed by atoms with van der Waals surface area (Å²) in [5.41, 5.74) is 1.07. The number of halogens is 1. The Kier molecular flexibility index (Phi) is 6.83. The summed E-state index contributed by atoms with van der Waals surface area (Å²) in [5.74, 6) is 0.0631. The molecule has 0 unspecified atom stereocenters. The molecule has 2 fully saturated rings. The molecule has 1 saturated carbocycles. The van der Waals surface area contributed by atoms with Gasteiger partial charge in [0.25, 0.3) is 0 Å². The maximum absolute atomic E-state index is 14.4. The van der Waals surface area contributed by atoms with Gasteiger partial charge in [-0.15, -0.1) is 0 Å². The third-order valence-electron chi connectivity index (χ3n) is 5.93. The highest BCUT2D eigenvalue weighted by Gasteiger charge is 2.44. The largest absolute Gasteiger partial charge is 0.394 e. The summed E-state index contributed by atoms with van der Waals surface area (Å²) in [4.78, 5) is 0. The Hall–Kier alpha value is -1.09. The summed E-state index contributed by atoms with van der Waals surface area (Å²) in [7, 11) is 1.72. The Morgan fingerprint density at radius 3 is 2.41 bits per heavy atom. The standard InChI is InChI=1S/C20H29FO6/c1-26-14-5-2-11(3-6-14)8-13-9-12(4-7-15(13)21)20-19(25)18(24)17(23)16(10-22)27-20/h4,7,9,11,14,16-20,22-25H,2-3,5-6,8,10H2,1H3/t11?,14?,16-,17-,18+,19-,20+/m1/s1. The first-order valence-electron chi connectivity index (χ1n) is 9.56. The third-order valence-corrected chi connectivity index (χ3v) is 5.93. The number of methoxy groups -OCH3 is 1. The predicted molar refractivity (Wildman–Crippen MR) is 95.6 cm³/mol. The molecule has 1 aliphatic heterocycles. The van der Waals surface area contributed by atoms with E-state index in [4.69, 9.17) is 9.47 Å². The van der Waals surface area contributed by atoms with Crippen LogP contribution in [0, 0.1) is 11.7 Å². The lowest BCUT2D eigenvalue weighted by atomic mass is 9.82. The average Bonchev–Trinajstić information content (AvgIpc) is 2.69. The van der Waals surface area contributed by atoms with E-state index in [-0.39, 0.29) is 11.9 Å². The van der Waals surface area contributed by atoms with E-state index in [9.17, 15) is 24.8 Å². The molecular weight excluding hydrogens is 355 g/mol. The van der Waals surface area contributed by atoms with Crippen LogP contribution < -0.4 is 0 Å². The quantitative estimate of drug-likeness (QED) is 0.607. The molecule has 0 bridgehead atoms. The van der Waals surface area contributed by atoms with Gasteiger partial charge in [-0.25, -0.2) is 4.39 Å². The van der Waals surface area contributed by atoms with E-state index in [1.165, 1.54) is 12.1 Å². The molecule has 1 aliphatic carbocycles. The Morgan fingerprint density at radius 2 is 1.78 bits per heavy atom. The molecule has 152 valence electrons. The molecule has 1 saturated heterocycles. The van der Waals surface area contributed by atoms with Gasteiger partial charge in [0, 0.05) is 7.11 Å². The molecule has 0 aromatic heterocycles. The molecule has 0 spiro atoms. The molecule has 4 N–H and O–H groups in total. The van der Waals surface area contributed by atoms with E-state index in [0.29, 0.717) is 23.5 Å². The van der Waals surface area contributed by atoms with Crippen LogP contribution in [0.15, 0.2) is 18.2 Å². The second-order valence-electron chi connectivity index (χ2n) is 7.68. The molecule has 1 heterocycles. The van der Waals surface area contributed by atoms with Gasteiger partial charge in [-0.3, -0.25) is 0 Å². The van der Waals surface area contributed by atoms with Crippen molar-refractivity contribution in [3.8, 4) is 0 Å². The van der Waals surface area contributed by atoms with Gasteiger partial charge in [-0.2, -0.15) is 0 Å². The SMILES string of the molecule is COC1CCC(Cc2cc([C@@H]3O[C@H](CO)[C@@H](O)[C@H](O)[C@H]3O)ccc2F)CC1. The van der Waals surface area contributed by atoms with E-state index < -0.39 is 37.1 Å². The van der Waals surface area contributed by atoms with Gasteiger partial charge in [-0.1, -0.05) is 12.1 Å². The van der Waals surface area contributed by atoms with Crippen molar-refractivity contribution in [1.82, 2.24) is 0 Å². The summed E-state index contributed by atoms with van der Waals surface area (Å²) in [6, 6.07) is 4.50. The van der Waals surface area contributed by atoms with Gasteiger partial charge in [0.2, 0.25) is 0 Å². The minimum absolute atomic E-state index is 0.284. The Morgan fingerprint density at radius 1 is 1.07 bits per heavy atom. The van der Waals surface area contributed by atoms with Crippen LogP contribution in [0.2, 0.25) is 0 Å². The van der Waals surface area contributed by atoms with E-state index in [1.54, 1.807) is 13.2 Å². The van der Waals surface area contributed by atoms with Gasteiger partial charge < -0.3 is 29.9 Å². The predicted octanol–water partition coefficient (Wildman–Crippen LogP) is 1.09. The van der Waals surface area contributed by atoms with E-state index in [2.05, 4.69) is 0 Å². The number of rotatable bonds is 5. The van der Waals surface area contributed by atoms with Crippen LogP contribution in [-0.4, -0.2) is 64.7 Å². The molecule has 1 aromatic rings. The highest BCUT2D eigenvalue weighted by Crippen LogP contribution is 2.34. The fourth-order valence-electron chi connectivity index (χ4n) is 4.19. The highest BCUT2D eigenvalue weighted by molar-refractivity contribution is 5.29. The molecule has 7 heteroatoms. The number of benzene rings is 1. The monoisotopic (exact) mass is 384 g/mol. The van der Waals surface area contributed by atoms with E-state index in [1.807, 2.05) is 0 Å². The van der Waals surface area contributed by atoms with Crippen LogP contribution in [0.3, 0.4) is 0 Å². The van der Waals surface area contributed by atoms with Crippen LogP contribution in [0.25, 0.3) is 0 Å². The number of aliphatic hydroxyl groups is 4. The average molecular weight is 384 g/mol. The van der Waals surface area contributed by atoms with Crippen LogP contribution >= 0.6 is 0 Å². The first-order chi connectivity index (χ1) is 12.9. The summed E-state index contributed by atoms with van der Waals surface area (Å²) in [6.45, 7) is -0.488. The van der Waals surface area contributed by atoms with Crippen molar-refractivity contribution >= 4 is 0 Å². The van der Waals surface area contributed by atoms with Crippen molar-refractivity contribution in [3.63, 3.8) is 0 Å². The Labute approximate surface area is 158 Å². The summed E-state index contributed by atoms with van der Waals surface area (Å²) in [5, 5.41) is 39.5. The molecule has 6 nitrogen and oxygen atoms in total. The molecule has 2 aliphatic rings. The molecule has 5 atom stereocenters. The van der Waals surface area contributed by atoms with Crippen molar-refractivity contribution in [2.45, 2.75) is 68.7 Å². The Balaban J connectivity index is 1.74. The third kappa shape index (κ3) is 4.50. The topological polar surface area (TPSA) is 99.4 Å². The second kappa shape index (κ2) is 8.94. The molecule has 3 rings (SSSR count). The maximum atomic E-state index is 14.4.